The predicted molar refractivity (Wildman–Crippen MR) is 50.7 cm³/mol. The maximum atomic E-state index is 10.4. The number of nitrogens with zero attached hydrogens (tertiary/aromatic N) is 1. The van der Waals surface area contributed by atoms with Crippen LogP contribution in [0.5, 0.6) is 0 Å². The summed E-state index contributed by atoms with van der Waals surface area (Å²) < 4.78 is 0. The van der Waals surface area contributed by atoms with Crippen molar-refractivity contribution >= 4 is 11.7 Å². The summed E-state index contributed by atoms with van der Waals surface area (Å²) in [6, 6.07) is -0.808. The number of aliphatic hydroxyl groups is 2. The minimum Gasteiger partial charge on any atom is -0.390 e. The number of hydrogen-bond donors (Lipinski definition) is 4. The smallest absolute Gasteiger partial charge is 0.332 e. The van der Waals surface area contributed by atoms with E-state index < -0.39 is 11.6 Å². The lowest BCUT2D eigenvalue weighted by Gasteiger charge is -2.22. The zero-order valence-corrected chi connectivity index (χ0v) is 7.86. The van der Waals surface area contributed by atoms with Crippen LogP contribution in [0, 0.1) is 0 Å². The second-order valence-corrected chi connectivity index (χ2v) is 3.43. The van der Waals surface area contributed by atoms with Crippen LogP contribution < -0.4 is 11.2 Å². The average Bonchev–Trinajstić information content (AvgIpc) is 2.53. The molecule has 5 N–H and O–H groups in total. The first kappa shape index (κ1) is 10.9. The molecule has 0 aromatic carbocycles. The number of aliphatic hydroxyl groups excluding tert-OH is 1. The molecule has 6 heteroatoms. The molecule has 0 heterocycles. The van der Waals surface area contributed by atoms with E-state index in [-0.39, 0.29) is 12.3 Å². The molecule has 0 aromatic heterocycles. The monoisotopic (exact) mass is 201 g/mol. The number of primary amides is 1. The highest BCUT2D eigenvalue weighted by molar-refractivity contribution is 5.94. The van der Waals surface area contributed by atoms with Gasteiger partial charge in [-0.15, -0.1) is 0 Å². The van der Waals surface area contributed by atoms with E-state index >= 15 is 0 Å². The molecular weight excluding hydrogens is 186 g/mol. The van der Waals surface area contributed by atoms with Gasteiger partial charge in [0.1, 0.15) is 5.60 Å². The third kappa shape index (κ3) is 2.43. The molecule has 0 aromatic rings. The van der Waals surface area contributed by atoms with Gasteiger partial charge in [0, 0.05) is 0 Å². The first-order valence-electron chi connectivity index (χ1n) is 4.54. The highest BCUT2D eigenvalue weighted by Gasteiger charge is 2.36. The quantitative estimate of drug-likeness (QED) is 0.358. The van der Waals surface area contributed by atoms with Crippen molar-refractivity contribution in [2.24, 2.45) is 10.8 Å². The molecule has 1 aliphatic carbocycles. The number of rotatable bonds is 3. The summed E-state index contributed by atoms with van der Waals surface area (Å²) in [5, 5.41) is 22.6. The van der Waals surface area contributed by atoms with E-state index in [1.807, 2.05) is 5.43 Å². The molecule has 80 valence electrons. The molecule has 0 saturated heterocycles. The van der Waals surface area contributed by atoms with Crippen LogP contribution in [0.1, 0.15) is 25.7 Å². The van der Waals surface area contributed by atoms with Crippen LogP contribution in [0.2, 0.25) is 0 Å². The van der Waals surface area contributed by atoms with Crippen LogP contribution in [0.4, 0.5) is 4.79 Å². The number of nitrogens with one attached hydrogen (secondary N) is 1. The topological polar surface area (TPSA) is 108 Å². The van der Waals surface area contributed by atoms with Crippen LogP contribution in [-0.4, -0.2) is 34.2 Å². The Kier molecular flexibility index (Phi) is 3.43. The lowest BCUT2D eigenvalue weighted by atomic mass is 9.96. The van der Waals surface area contributed by atoms with Gasteiger partial charge < -0.3 is 15.9 Å². The summed E-state index contributed by atoms with van der Waals surface area (Å²) in [5.74, 6) is 0. The lowest BCUT2D eigenvalue weighted by Crippen LogP contribution is -2.40. The molecule has 0 unspecified atom stereocenters. The van der Waals surface area contributed by atoms with Crippen molar-refractivity contribution < 1.29 is 15.0 Å². The van der Waals surface area contributed by atoms with Gasteiger partial charge in [-0.2, -0.15) is 5.10 Å². The van der Waals surface area contributed by atoms with Crippen molar-refractivity contribution in [3.8, 4) is 0 Å². The lowest BCUT2D eigenvalue weighted by molar-refractivity contribution is 0.112. The highest BCUT2D eigenvalue weighted by atomic mass is 16.3. The molecule has 0 spiro atoms. The van der Waals surface area contributed by atoms with Crippen molar-refractivity contribution in [1.29, 1.82) is 0 Å². The van der Waals surface area contributed by atoms with E-state index in [0.717, 1.165) is 12.8 Å². The Balaban J connectivity index is 2.69. The molecule has 1 fully saturated rings. The number of carbonyl (C=O) groups is 1. The van der Waals surface area contributed by atoms with E-state index in [1.165, 1.54) is 0 Å². The summed E-state index contributed by atoms with van der Waals surface area (Å²) in [6.45, 7) is -0.378. The Morgan fingerprint density at radius 2 is 2.07 bits per heavy atom. The van der Waals surface area contributed by atoms with E-state index in [2.05, 4.69) is 5.10 Å². The van der Waals surface area contributed by atoms with Gasteiger partial charge in [0.05, 0.1) is 12.3 Å². The average molecular weight is 201 g/mol. The van der Waals surface area contributed by atoms with Crippen molar-refractivity contribution in [1.82, 2.24) is 5.43 Å². The Hall–Kier alpha value is -1.14. The molecular formula is C8H15N3O3. The van der Waals surface area contributed by atoms with Crippen LogP contribution in [0.25, 0.3) is 0 Å². The molecule has 0 atom stereocenters. The van der Waals surface area contributed by atoms with Crippen LogP contribution in [0.3, 0.4) is 0 Å². The van der Waals surface area contributed by atoms with Gasteiger partial charge >= 0.3 is 6.03 Å². The fourth-order valence-corrected chi connectivity index (χ4v) is 1.66. The van der Waals surface area contributed by atoms with Gasteiger partial charge in [-0.1, -0.05) is 12.8 Å². The Morgan fingerprint density at radius 1 is 1.50 bits per heavy atom. The molecule has 0 aliphatic heterocycles. The van der Waals surface area contributed by atoms with E-state index in [4.69, 9.17) is 10.8 Å². The number of carbonyl (C=O) groups excluding carboxylic acids is 1. The van der Waals surface area contributed by atoms with Crippen LogP contribution in [-0.2, 0) is 0 Å². The molecule has 1 aliphatic rings. The Labute approximate surface area is 81.8 Å². The fraction of sp³-hybridized carbons (Fsp3) is 0.750. The molecule has 0 radical (unpaired) electrons. The minimum atomic E-state index is -1.07. The Bertz CT molecular complexity index is 246. The van der Waals surface area contributed by atoms with Gasteiger partial charge in [-0.25, -0.2) is 10.2 Å². The SMILES string of the molecule is NC(=O)N/N=C(\CO)C1(O)CCCC1. The molecule has 6 nitrogen and oxygen atoms in total. The Morgan fingerprint density at radius 3 is 2.50 bits per heavy atom. The zero-order chi connectivity index (χ0) is 10.6. The van der Waals surface area contributed by atoms with Crippen molar-refractivity contribution in [3.63, 3.8) is 0 Å². The minimum absolute atomic E-state index is 0.175. The molecule has 0 bridgehead atoms. The van der Waals surface area contributed by atoms with Crippen molar-refractivity contribution in [2.75, 3.05) is 6.61 Å². The maximum Gasteiger partial charge on any atom is 0.332 e. The van der Waals surface area contributed by atoms with Crippen LogP contribution >= 0.6 is 0 Å². The van der Waals surface area contributed by atoms with E-state index in [1.54, 1.807) is 0 Å². The highest BCUT2D eigenvalue weighted by Crippen LogP contribution is 2.30. The normalized spacial score (nSPS) is 20.9. The largest absolute Gasteiger partial charge is 0.390 e. The van der Waals surface area contributed by atoms with Crippen LogP contribution in [0.15, 0.2) is 5.10 Å². The molecule has 1 saturated carbocycles. The fourth-order valence-electron chi connectivity index (χ4n) is 1.66. The summed E-state index contributed by atoms with van der Waals surface area (Å²) in [5.41, 5.74) is 5.92. The summed E-state index contributed by atoms with van der Waals surface area (Å²) in [6.07, 6.45) is 2.91. The second kappa shape index (κ2) is 4.39. The number of amides is 2. The summed E-state index contributed by atoms with van der Waals surface area (Å²) in [4.78, 5) is 10.4. The van der Waals surface area contributed by atoms with Crippen molar-refractivity contribution in [2.45, 2.75) is 31.3 Å². The molecule has 1 rings (SSSR count). The third-order valence-electron chi connectivity index (χ3n) is 2.42. The summed E-state index contributed by atoms with van der Waals surface area (Å²) >= 11 is 0. The molecule has 2 amide bonds. The first-order chi connectivity index (χ1) is 6.58. The number of hydrazone groups is 1. The number of hydrogen-bond acceptors (Lipinski definition) is 4. The van der Waals surface area contributed by atoms with Gasteiger partial charge in [0.2, 0.25) is 0 Å². The maximum absolute atomic E-state index is 10.4. The van der Waals surface area contributed by atoms with Gasteiger partial charge in [-0.3, -0.25) is 0 Å². The first-order valence-corrected chi connectivity index (χ1v) is 4.54. The van der Waals surface area contributed by atoms with Gasteiger partial charge in [-0.05, 0) is 12.8 Å². The third-order valence-corrected chi connectivity index (χ3v) is 2.42. The summed E-state index contributed by atoms with van der Waals surface area (Å²) in [7, 11) is 0. The van der Waals surface area contributed by atoms with E-state index in [9.17, 15) is 9.90 Å². The van der Waals surface area contributed by atoms with Gasteiger partial charge in [0.15, 0.2) is 0 Å². The zero-order valence-electron chi connectivity index (χ0n) is 7.86. The van der Waals surface area contributed by atoms with Gasteiger partial charge in [0.25, 0.3) is 0 Å². The number of urea groups is 1. The second-order valence-electron chi connectivity index (χ2n) is 3.43. The van der Waals surface area contributed by atoms with E-state index in [0.29, 0.717) is 12.8 Å². The predicted octanol–water partition coefficient (Wildman–Crippen LogP) is -0.692. The molecule has 14 heavy (non-hydrogen) atoms. The number of nitrogens with two attached hydrogens (primary N) is 1. The van der Waals surface area contributed by atoms with Crippen molar-refractivity contribution in [3.05, 3.63) is 0 Å². The standard InChI is InChI=1S/C8H15N3O3/c9-7(13)11-10-6(5-12)8(14)3-1-2-4-8/h12,14H,1-5H2,(H3,9,11,13)/b10-6+.